The molecule has 0 fully saturated rings. The van der Waals surface area contributed by atoms with Crippen molar-refractivity contribution in [3.05, 3.63) is 0 Å². The van der Waals surface area contributed by atoms with E-state index in [1.165, 1.54) is 0 Å². The Morgan fingerprint density at radius 3 is 1.40 bits per heavy atom. The van der Waals surface area contributed by atoms with Crippen molar-refractivity contribution in [3.8, 4) is 0 Å². The summed E-state index contributed by atoms with van der Waals surface area (Å²) in [6.45, 7) is 0. The van der Waals surface area contributed by atoms with Gasteiger partial charge in [-0.05, 0) is 0 Å². The third-order valence-corrected chi connectivity index (χ3v) is 0. The standard InChI is InChI=1S/3CH4.H2IS/c;;;1-2/h3*1H4;1-2H/q;;;-1/i;;;1T. The van der Waals surface area contributed by atoms with Crippen molar-refractivity contribution in [2.75, 3.05) is 0 Å². The number of hydrogen-bond acceptors (Lipinski definition) is 1. The molecule has 0 spiro atoms. The second-order valence-electron chi connectivity index (χ2n) is 0. The van der Waals surface area contributed by atoms with Gasteiger partial charge in [-0.1, -0.05) is 22.3 Å². The van der Waals surface area contributed by atoms with Crippen molar-refractivity contribution in [2.45, 2.75) is 22.3 Å². The Kier molecular flexibility index (Phi) is 240. The van der Waals surface area contributed by atoms with Crippen molar-refractivity contribution >= 4 is 9.80 Å². The van der Waals surface area contributed by atoms with Crippen molar-refractivity contribution < 1.29 is 21.0 Å². The van der Waals surface area contributed by atoms with Gasteiger partial charge in [0.25, 0.3) is 0 Å². The monoisotopic (exact) mass is 211 g/mol. The molecule has 0 aliphatic heterocycles. The maximum absolute atomic E-state index is 6.18. The minimum atomic E-state index is -0.466. The van der Waals surface area contributed by atoms with Crippen LogP contribution in [0.5, 0.6) is 0 Å². The predicted molar refractivity (Wildman–Crippen MR) is 30.6 cm³/mol. The van der Waals surface area contributed by atoms with Crippen LogP contribution >= 0.6 is 9.80 Å². The van der Waals surface area contributed by atoms with Crippen molar-refractivity contribution in [3.63, 3.8) is 0 Å². The van der Waals surface area contributed by atoms with Crippen LogP contribution in [0, 0.1) is 0 Å². The summed E-state index contributed by atoms with van der Waals surface area (Å²) < 4.78 is 6.18. The molecule has 5 heavy (non-hydrogen) atoms. The van der Waals surface area contributed by atoms with Crippen LogP contribution in [0.1, 0.15) is 22.3 Å². The van der Waals surface area contributed by atoms with Gasteiger partial charge >= 0.3 is 31.4 Å². The minimum absolute atomic E-state index is 0. The first-order chi connectivity index (χ1) is 1.41. The van der Waals surface area contributed by atoms with E-state index in [0.29, 0.717) is 0 Å². The third kappa shape index (κ3) is 41.3. The zero-order valence-corrected chi connectivity index (χ0v) is 3.88. The molecule has 0 nitrogen and oxygen atoms in total. The van der Waals surface area contributed by atoms with Crippen LogP contribution < -0.4 is 21.0 Å². The van der Waals surface area contributed by atoms with Gasteiger partial charge in [-0.3, -0.25) is 0 Å². The molecule has 40 valence electrons. The van der Waals surface area contributed by atoms with E-state index >= 15 is 0 Å². The van der Waals surface area contributed by atoms with Crippen LogP contribution in [-0.2, 0) is 0 Å². The molecule has 0 aromatic heterocycles. The van der Waals surface area contributed by atoms with Gasteiger partial charge < -0.3 is 0 Å². The fraction of sp³-hybridized carbons (Fsp3) is 1.00. The topological polar surface area (TPSA) is 0 Å². The number of rotatable bonds is 0. The maximum atomic E-state index is 6.18. The summed E-state index contributed by atoms with van der Waals surface area (Å²) in [5, 5.41) is 0. The Bertz CT molecular complexity index is 10.8. The molecule has 0 aromatic rings. The van der Waals surface area contributed by atoms with Gasteiger partial charge in [-0.25, -0.2) is 0 Å². The summed E-state index contributed by atoms with van der Waals surface area (Å²) in [6, 6.07) is 0. The van der Waals surface area contributed by atoms with Crippen LogP contribution in [0.2, 0.25) is 0 Å². The second-order valence-corrected chi connectivity index (χ2v) is 0. The van der Waals surface area contributed by atoms with E-state index in [0.717, 1.165) is 0 Å². The summed E-state index contributed by atoms with van der Waals surface area (Å²) in [5.74, 6) is 0. The number of thiol groups is 1. The first kappa shape index (κ1) is 16.5. The van der Waals surface area contributed by atoms with Crippen molar-refractivity contribution in [1.29, 1.82) is 0.594 Å². The van der Waals surface area contributed by atoms with Crippen LogP contribution in [0.3, 0.4) is 0 Å². The molecular formula is C3H14IS-. The molecule has 0 saturated heterocycles. The summed E-state index contributed by atoms with van der Waals surface area (Å²) >= 11 is -0.466. The molecule has 0 aliphatic carbocycles. The van der Waals surface area contributed by atoms with E-state index in [-0.39, 0.29) is 22.3 Å². The van der Waals surface area contributed by atoms with Gasteiger partial charge in [0.15, 0.2) is 0 Å². The Balaban J connectivity index is -0.00000000667. The fourth-order valence-corrected chi connectivity index (χ4v) is 0. The molecule has 0 aliphatic rings. The summed E-state index contributed by atoms with van der Waals surface area (Å²) in [4.78, 5) is 0. The molecule has 2 heteroatoms. The van der Waals surface area contributed by atoms with Crippen LogP contribution in [0.4, 0.5) is 0 Å². The molecule has 0 bridgehead atoms. The zero-order valence-electron chi connectivity index (χ0n) is 1.83. The van der Waals surface area contributed by atoms with E-state index in [9.17, 15) is 0 Å². The molecule has 0 N–H and O–H groups in total. The first-order valence-electron chi connectivity index (χ1n) is 0.547. The molecule has 0 heterocycles. The van der Waals surface area contributed by atoms with Gasteiger partial charge in [0.05, 0.1) is 0 Å². The third-order valence-electron chi connectivity index (χ3n) is 0. The van der Waals surface area contributed by atoms with E-state index in [4.69, 9.17) is 0.594 Å². The number of hydrogen-bond donors (Lipinski definition) is 1. The summed E-state index contributed by atoms with van der Waals surface area (Å²) in [7, 11) is 3.57. The molecule has 0 saturated carbocycles. The van der Waals surface area contributed by atoms with Crippen LogP contribution in [-0.4, -0.2) is 0.594 Å². The van der Waals surface area contributed by atoms with Crippen molar-refractivity contribution in [2.24, 2.45) is 0 Å². The molecular weight excluding hydrogens is 195 g/mol. The second kappa shape index (κ2) is 72.5. The summed E-state index contributed by atoms with van der Waals surface area (Å²) in [6.07, 6.45) is 0. The van der Waals surface area contributed by atoms with Crippen molar-refractivity contribution in [1.82, 2.24) is 0 Å². The molecule has 0 rings (SSSR count). The van der Waals surface area contributed by atoms with E-state index in [1.54, 1.807) is 0 Å². The van der Waals surface area contributed by atoms with Crippen LogP contribution in [0.25, 0.3) is 0 Å². The average Bonchev–Trinajstić information content (AvgIpc) is 0.918. The predicted octanol–water partition coefficient (Wildman–Crippen LogP) is -0.975. The van der Waals surface area contributed by atoms with Gasteiger partial charge in [-0.2, -0.15) is 0 Å². The van der Waals surface area contributed by atoms with E-state index in [2.05, 4.69) is 9.80 Å². The zero-order chi connectivity index (χ0) is 2.71. The molecule has 0 radical (unpaired) electrons. The van der Waals surface area contributed by atoms with Crippen LogP contribution in [0.15, 0.2) is 0 Å². The Morgan fingerprint density at radius 1 is 1.40 bits per heavy atom. The number of halogens is 1. The Hall–Kier alpha value is 1.08. The van der Waals surface area contributed by atoms with Gasteiger partial charge in [0.2, 0.25) is 0 Å². The van der Waals surface area contributed by atoms with Gasteiger partial charge in [0, 0.05) is 0 Å². The fourth-order valence-electron chi connectivity index (χ4n) is 0. The Labute approximate surface area is 53.8 Å². The summed E-state index contributed by atoms with van der Waals surface area (Å²) in [5.41, 5.74) is 0. The SMILES string of the molecule is C.C.C.[3H][I-]S. The first-order valence-corrected chi connectivity index (χ1v) is 3.40. The normalized spacial score (nSPS) is 4.60. The molecule has 0 unspecified atom stereocenters. The quantitative estimate of drug-likeness (QED) is 0.386. The molecule has 0 atom stereocenters. The molecule has 0 aromatic carbocycles. The Morgan fingerprint density at radius 2 is 1.40 bits per heavy atom. The average molecular weight is 211 g/mol. The van der Waals surface area contributed by atoms with E-state index < -0.39 is 21.0 Å². The molecule has 0 amide bonds. The van der Waals surface area contributed by atoms with E-state index in [1.807, 2.05) is 0 Å². The van der Waals surface area contributed by atoms with Gasteiger partial charge in [0.1, 0.15) is 0 Å². The van der Waals surface area contributed by atoms with Gasteiger partial charge in [-0.15, -0.1) is 0 Å².